The zero-order valence-electron chi connectivity index (χ0n) is 8.63. The molecule has 1 radical (unpaired) electrons. The molecule has 1 aromatic rings. The third-order valence-corrected chi connectivity index (χ3v) is 4.69. The van der Waals surface area contributed by atoms with Crippen LogP contribution in [0.3, 0.4) is 0 Å². The minimum atomic E-state index is -5.64. The van der Waals surface area contributed by atoms with Gasteiger partial charge in [-0.15, -0.1) is 0 Å². The van der Waals surface area contributed by atoms with Crippen LogP contribution in [0.2, 0.25) is 0 Å². The molecule has 0 spiro atoms. The third kappa shape index (κ3) is 4.66. The second-order valence-corrected chi connectivity index (χ2v) is 6.96. The summed E-state index contributed by atoms with van der Waals surface area (Å²) in [5.74, 6) is 0. The smallest absolute Gasteiger partial charge is 0.744 e. The maximum absolute atomic E-state index is 10.8. The molecule has 0 aliphatic rings. The summed E-state index contributed by atoms with van der Waals surface area (Å²) in [5, 5.41) is 0. The van der Waals surface area contributed by atoms with Gasteiger partial charge in [-0.1, -0.05) is 6.07 Å². The minimum Gasteiger partial charge on any atom is -0.744 e. The number of benzene rings is 1. The molecule has 0 heterocycles. The molecule has 13 heteroatoms. The quantitative estimate of drug-likeness (QED) is 0.482. The Hall–Kier alpha value is 0.301. The summed E-state index contributed by atoms with van der Waals surface area (Å²) in [6, 6.07) is 1.49. The molecule has 1 aromatic carbocycles. The van der Waals surface area contributed by atoms with Gasteiger partial charge in [0.25, 0.3) is 0 Å². The van der Waals surface area contributed by atoms with Gasteiger partial charge >= 0.3 is 40.8 Å². The molecular weight excluding hydrogens is 456 g/mol. The standard InChI is InChI=1S/C6H6O9S3.Nd/c7-16(8,9)4-2-1-3-5(17(10,11)12)6(4)18(13,14)15;/h1-3H,(H,7,8,9)(H,10,11,12)(H,13,14,15);/q;+3/p-3. The molecule has 0 saturated heterocycles. The van der Waals surface area contributed by atoms with E-state index in [4.69, 9.17) is 0 Å². The largest absolute Gasteiger partial charge is 3.00 e. The van der Waals surface area contributed by atoms with Crippen molar-refractivity contribution < 1.29 is 79.8 Å². The Morgan fingerprint density at radius 1 is 0.684 bits per heavy atom. The number of rotatable bonds is 3. The Kier molecular flexibility index (Phi) is 6.06. The van der Waals surface area contributed by atoms with E-state index in [1.54, 1.807) is 0 Å². The van der Waals surface area contributed by atoms with Crippen LogP contribution in [0.4, 0.5) is 0 Å². The number of hydrogen-bond acceptors (Lipinski definition) is 9. The molecule has 0 unspecified atom stereocenters. The van der Waals surface area contributed by atoms with Gasteiger partial charge in [0.2, 0.25) is 0 Å². The van der Waals surface area contributed by atoms with E-state index in [0.29, 0.717) is 18.2 Å². The Morgan fingerprint density at radius 3 is 1.21 bits per heavy atom. The van der Waals surface area contributed by atoms with Crippen LogP contribution in [0.15, 0.2) is 32.9 Å². The van der Waals surface area contributed by atoms with Gasteiger partial charge in [0, 0.05) is 0 Å². The van der Waals surface area contributed by atoms with E-state index < -0.39 is 45.0 Å². The van der Waals surface area contributed by atoms with Gasteiger partial charge in [0.05, 0.1) is 14.7 Å². The third-order valence-electron chi connectivity index (χ3n) is 1.73. The Morgan fingerprint density at radius 2 is 1.00 bits per heavy atom. The van der Waals surface area contributed by atoms with Gasteiger partial charge < -0.3 is 13.7 Å². The molecular formula is C6H3NdO9S3. The predicted octanol–water partition coefficient (Wildman–Crippen LogP) is -1.60. The fraction of sp³-hybridized carbons (Fsp3) is 0. The Balaban J connectivity index is 0.00000324. The maximum Gasteiger partial charge on any atom is 3.00 e. The fourth-order valence-corrected chi connectivity index (χ4v) is 4.22. The second kappa shape index (κ2) is 5.97. The van der Waals surface area contributed by atoms with Crippen molar-refractivity contribution in [2.75, 3.05) is 0 Å². The summed E-state index contributed by atoms with van der Waals surface area (Å²) in [4.78, 5) is -5.00. The van der Waals surface area contributed by atoms with Crippen molar-refractivity contribution in [1.29, 1.82) is 0 Å². The van der Waals surface area contributed by atoms with Crippen molar-refractivity contribution in [3.8, 4) is 0 Å². The van der Waals surface area contributed by atoms with E-state index in [-0.39, 0.29) is 40.8 Å². The molecule has 9 nitrogen and oxygen atoms in total. The van der Waals surface area contributed by atoms with Crippen LogP contribution in [0.5, 0.6) is 0 Å². The van der Waals surface area contributed by atoms with Gasteiger partial charge in [0.1, 0.15) is 30.4 Å². The van der Waals surface area contributed by atoms with E-state index in [0.717, 1.165) is 0 Å². The molecule has 0 aromatic heterocycles. The summed E-state index contributed by atoms with van der Waals surface area (Å²) < 4.78 is 96.8. The first kappa shape index (κ1) is 19.3. The van der Waals surface area contributed by atoms with Gasteiger partial charge in [-0.05, 0) is 12.1 Å². The summed E-state index contributed by atoms with van der Waals surface area (Å²) in [6.07, 6.45) is 0. The van der Waals surface area contributed by atoms with Gasteiger partial charge in [-0.25, -0.2) is 25.3 Å². The SMILES string of the molecule is O=S(=O)([O-])c1cccc(S(=O)(=O)[O-])c1S(=O)(=O)[O-].[Nd+3]. The van der Waals surface area contributed by atoms with Crippen molar-refractivity contribution >= 4 is 30.4 Å². The Labute approximate surface area is 141 Å². The molecule has 0 N–H and O–H groups in total. The van der Waals surface area contributed by atoms with Crippen molar-refractivity contribution in [3.05, 3.63) is 18.2 Å². The molecule has 0 saturated carbocycles. The van der Waals surface area contributed by atoms with Gasteiger partial charge in [-0.2, -0.15) is 0 Å². The summed E-state index contributed by atoms with van der Waals surface area (Å²) in [5.41, 5.74) is 0. The molecule has 103 valence electrons. The van der Waals surface area contributed by atoms with Crippen LogP contribution in [0.1, 0.15) is 0 Å². The zero-order valence-corrected chi connectivity index (χ0v) is 14.3. The average molecular weight is 460 g/mol. The predicted molar refractivity (Wildman–Crippen MR) is 50.3 cm³/mol. The van der Waals surface area contributed by atoms with E-state index >= 15 is 0 Å². The van der Waals surface area contributed by atoms with Gasteiger partial charge in [0.15, 0.2) is 0 Å². The van der Waals surface area contributed by atoms with Crippen molar-refractivity contribution in [2.24, 2.45) is 0 Å². The summed E-state index contributed by atoms with van der Waals surface area (Å²) in [7, 11) is -16.5. The average Bonchev–Trinajstić information content (AvgIpc) is 2.12. The molecule has 1 rings (SSSR count). The van der Waals surface area contributed by atoms with Crippen molar-refractivity contribution in [2.45, 2.75) is 14.7 Å². The normalized spacial score (nSPS) is 12.8. The molecule has 0 atom stereocenters. The second-order valence-electron chi connectivity index (χ2n) is 2.95. The van der Waals surface area contributed by atoms with Crippen LogP contribution >= 0.6 is 0 Å². The number of hydrogen-bond donors (Lipinski definition) is 0. The van der Waals surface area contributed by atoms with Crippen LogP contribution in [-0.4, -0.2) is 38.9 Å². The van der Waals surface area contributed by atoms with Gasteiger partial charge in [-0.3, -0.25) is 0 Å². The summed E-state index contributed by atoms with van der Waals surface area (Å²) >= 11 is 0. The first-order valence-electron chi connectivity index (χ1n) is 3.86. The molecule has 0 aliphatic carbocycles. The molecule has 0 amide bonds. The van der Waals surface area contributed by atoms with Crippen LogP contribution < -0.4 is 0 Å². The van der Waals surface area contributed by atoms with E-state index in [9.17, 15) is 38.9 Å². The topological polar surface area (TPSA) is 172 Å². The van der Waals surface area contributed by atoms with E-state index in [1.165, 1.54) is 0 Å². The fourth-order valence-electron chi connectivity index (χ4n) is 1.14. The summed E-state index contributed by atoms with van der Waals surface area (Å²) in [6.45, 7) is 0. The first-order chi connectivity index (χ1) is 7.85. The van der Waals surface area contributed by atoms with E-state index in [2.05, 4.69) is 0 Å². The molecule has 0 fully saturated rings. The maximum atomic E-state index is 10.8. The van der Waals surface area contributed by atoms with Crippen LogP contribution in [0, 0.1) is 40.8 Å². The first-order valence-corrected chi connectivity index (χ1v) is 8.08. The monoisotopic (exact) mass is 457 g/mol. The van der Waals surface area contributed by atoms with Crippen LogP contribution in [0.25, 0.3) is 0 Å². The zero-order chi connectivity index (χ0) is 14.4. The minimum absolute atomic E-state index is 0. The van der Waals surface area contributed by atoms with E-state index in [1.807, 2.05) is 0 Å². The van der Waals surface area contributed by atoms with Crippen molar-refractivity contribution in [1.82, 2.24) is 0 Å². The Bertz CT molecular complexity index is 740. The molecule has 0 aliphatic heterocycles. The van der Waals surface area contributed by atoms with Crippen molar-refractivity contribution in [3.63, 3.8) is 0 Å². The molecule has 19 heavy (non-hydrogen) atoms. The van der Waals surface area contributed by atoms with Crippen LogP contribution in [-0.2, 0) is 30.4 Å². The molecule has 0 bridgehead atoms.